The number of phenolic OH excluding ortho intramolecular Hbond substituents is 2. The lowest BCUT2D eigenvalue weighted by Gasteiger charge is -2.49. The number of aromatic hydroxyl groups is 2. The Morgan fingerprint density at radius 3 is 2.64 bits per heavy atom. The maximum absolute atomic E-state index is 13.7. The summed E-state index contributed by atoms with van der Waals surface area (Å²) in [4.78, 5) is 73.6. The SMILES string of the molecule is O=C(O)C1=C(C(=S)c2nnc(CO)s2)CS[C@H]2C(NC(=O)C(NC(=O)c3c[nH]c4cccnc4c3=O)c3ccc(O)c(O)c3)C(=O)N12. The summed E-state index contributed by atoms with van der Waals surface area (Å²) in [6, 6.07) is 3.76. The predicted octanol–water partition coefficient (Wildman–Crippen LogP) is 0.306. The molecule has 1 aromatic carbocycles. The van der Waals surface area contributed by atoms with Gasteiger partial charge in [0.25, 0.3) is 11.8 Å². The number of carbonyl (C=O) groups is 4. The molecule has 3 amide bonds. The highest BCUT2D eigenvalue weighted by atomic mass is 32.2. The number of thiocarbonyl (C=S) groups is 1. The molecule has 2 aliphatic rings. The number of aliphatic hydroxyl groups is 1. The normalized spacial score (nSPS) is 17.9. The molecule has 19 heteroatoms. The second kappa shape index (κ2) is 12.5. The summed E-state index contributed by atoms with van der Waals surface area (Å²) < 4.78 is 0. The summed E-state index contributed by atoms with van der Waals surface area (Å²) in [5.41, 5.74) is -0.956. The molecule has 0 radical (unpaired) electrons. The molecule has 6 rings (SSSR count). The van der Waals surface area contributed by atoms with Gasteiger partial charge >= 0.3 is 5.97 Å². The molecule has 3 aromatic heterocycles. The maximum atomic E-state index is 13.7. The molecule has 3 atom stereocenters. The fourth-order valence-corrected chi connectivity index (χ4v) is 7.46. The minimum Gasteiger partial charge on any atom is -0.504 e. The van der Waals surface area contributed by atoms with Crippen molar-refractivity contribution in [2.45, 2.75) is 24.1 Å². The number of β-lactam (4-membered cyclic amide) rings is 1. The topological polar surface area (TPSA) is 248 Å². The number of aliphatic hydroxyl groups excluding tert-OH is 1. The molecular formula is C28H21N7O9S3. The van der Waals surface area contributed by atoms with Crippen molar-refractivity contribution in [1.29, 1.82) is 0 Å². The predicted molar refractivity (Wildman–Crippen MR) is 170 cm³/mol. The third kappa shape index (κ3) is 5.69. The molecule has 5 heterocycles. The minimum absolute atomic E-state index is 0.000481. The van der Waals surface area contributed by atoms with Crippen molar-refractivity contribution in [2.75, 3.05) is 5.75 Å². The number of benzene rings is 1. The van der Waals surface area contributed by atoms with Gasteiger partial charge in [-0.15, -0.1) is 22.0 Å². The van der Waals surface area contributed by atoms with Gasteiger partial charge < -0.3 is 36.0 Å². The van der Waals surface area contributed by atoms with Crippen LogP contribution in [0.5, 0.6) is 11.5 Å². The minimum atomic E-state index is -1.58. The number of H-pyrrole nitrogens is 1. The van der Waals surface area contributed by atoms with Crippen molar-refractivity contribution in [3.05, 3.63) is 85.4 Å². The van der Waals surface area contributed by atoms with E-state index in [0.717, 1.165) is 46.3 Å². The van der Waals surface area contributed by atoms with Gasteiger partial charge in [-0.25, -0.2) is 4.79 Å². The Kier molecular flexibility index (Phi) is 8.45. The first-order chi connectivity index (χ1) is 22.5. The second-order valence-corrected chi connectivity index (χ2v) is 12.7. The average Bonchev–Trinajstić information content (AvgIpc) is 3.56. The molecule has 240 valence electrons. The number of hydrogen-bond donors (Lipinski definition) is 7. The number of nitrogens with one attached hydrogen (secondary N) is 3. The molecular weight excluding hydrogens is 675 g/mol. The average molecular weight is 696 g/mol. The highest BCUT2D eigenvalue weighted by molar-refractivity contribution is 8.00. The summed E-state index contributed by atoms with van der Waals surface area (Å²) in [5, 5.41) is 51.5. The zero-order valence-electron chi connectivity index (χ0n) is 23.5. The van der Waals surface area contributed by atoms with E-state index in [0.29, 0.717) is 5.52 Å². The van der Waals surface area contributed by atoms with Crippen LogP contribution in [-0.4, -0.2) is 91.2 Å². The standard InChI is InChI=1S/C28H21N7O9S3/c36-8-16-33-34-25(47-16)22(45)12-9-46-27-19(26(42)35(27)20(12)28(43)44)32-24(41)17(10-3-4-14(37)15(38)6-10)31-23(40)11-7-30-13-2-1-5-29-18(13)21(11)39/h1-7,17,19,27,36-38H,8-9H2,(H,30,39)(H,31,40)(H,32,41)(H,43,44)/t17?,19?,27-/m0/s1. The van der Waals surface area contributed by atoms with E-state index in [1.165, 1.54) is 12.3 Å². The Labute approximate surface area is 276 Å². The monoisotopic (exact) mass is 695 g/mol. The number of thioether (sulfide) groups is 1. The lowest BCUT2D eigenvalue weighted by atomic mass is 9.99. The largest absolute Gasteiger partial charge is 0.504 e. The number of phenols is 2. The number of carboxylic acid groups (broad SMARTS) is 1. The fourth-order valence-electron chi connectivity index (χ4n) is 5.01. The number of amides is 3. The van der Waals surface area contributed by atoms with Gasteiger partial charge in [-0.3, -0.25) is 29.1 Å². The Morgan fingerprint density at radius 2 is 1.94 bits per heavy atom. The van der Waals surface area contributed by atoms with Gasteiger partial charge in [-0.05, 0) is 29.8 Å². The van der Waals surface area contributed by atoms with E-state index in [-0.39, 0.29) is 55.2 Å². The second-order valence-electron chi connectivity index (χ2n) is 10.1. The van der Waals surface area contributed by atoms with Crippen LogP contribution in [0.2, 0.25) is 0 Å². The van der Waals surface area contributed by atoms with Gasteiger partial charge in [-0.2, -0.15) is 0 Å². The van der Waals surface area contributed by atoms with E-state index in [9.17, 15) is 44.4 Å². The molecule has 4 aromatic rings. The van der Waals surface area contributed by atoms with Gasteiger partial charge in [-0.1, -0.05) is 29.6 Å². The number of aromatic nitrogens is 4. The van der Waals surface area contributed by atoms with Gasteiger partial charge in [0.15, 0.2) is 16.5 Å². The van der Waals surface area contributed by atoms with E-state index >= 15 is 0 Å². The summed E-state index contributed by atoms with van der Waals surface area (Å²) in [7, 11) is 0. The van der Waals surface area contributed by atoms with Crippen molar-refractivity contribution < 1.29 is 39.6 Å². The molecule has 2 unspecified atom stereocenters. The number of nitrogens with zero attached hydrogens (tertiary/aromatic N) is 4. The molecule has 0 saturated carbocycles. The van der Waals surface area contributed by atoms with Crippen LogP contribution in [0, 0.1) is 0 Å². The zero-order valence-corrected chi connectivity index (χ0v) is 26.0. The van der Waals surface area contributed by atoms with Crippen LogP contribution in [0.25, 0.3) is 11.0 Å². The maximum Gasteiger partial charge on any atom is 0.353 e. The van der Waals surface area contributed by atoms with E-state index in [1.807, 2.05) is 0 Å². The number of fused-ring (bicyclic) bond motifs is 2. The van der Waals surface area contributed by atoms with Crippen LogP contribution in [0.3, 0.4) is 0 Å². The summed E-state index contributed by atoms with van der Waals surface area (Å²) in [6.07, 6.45) is 2.53. The van der Waals surface area contributed by atoms with E-state index in [1.54, 1.807) is 12.1 Å². The molecule has 7 N–H and O–H groups in total. The summed E-state index contributed by atoms with van der Waals surface area (Å²) in [6.45, 7) is -0.380. The molecule has 1 fully saturated rings. The van der Waals surface area contributed by atoms with E-state index in [2.05, 4.69) is 30.8 Å². The number of carboxylic acids is 1. The smallest absolute Gasteiger partial charge is 0.353 e. The first kappa shape index (κ1) is 31.7. The first-order valence-electron chi connectivity index (χ1n) is 13.5. The molecule has 0 aliphatic carbocycles. The van der Waals surface area contributed by atoms with Crippen molar-refractivity contribution >= 4 is 74.9 Å². The van der Waals surface area contributed by atoms with Gasteiger partial charge in [0.2, 0.25) is 11.3 Å². The summed E-state index contributed by atoms with van der Waals surface area (Å²) in [5.74, 6) is -5.16. The van der Waals surface area contributed by atoms with Gasteiger partial charge in [0.05, 0.1) is 17.0 Å². The van der Waals surface area contributed by atoms with Crippen LogP contribution in [0.15, 0.2) is 58.8 Å². The highest BCUT2D eigenvalue weighted by Crippen LogP contribution is 2.42. The molecule has 1 saturated heterocycles. The van der Waals surface area contributed by atoms with Crippen LogP contribution in [0.1, 0.15) is 32.0 Å². The molecule has 2 aliphatic heterocycles. The molecule has 0 bridgehead atoms. The number of aliphatic carboxylic acids is 1. The fraction of sp³-hybridized carbons (Fsp3) is 0.179. The van der Waals surface area contributed by atoms with Gasteiger partial charge in [0, 0.05) is 23.7 Å². The van der Waals surface area contributed by atoms with Crippen LogP contribution < -0.4 is 16.1 Å². The van der Waals surface area contributed by atoms with Crippen molar-refractivity contribution in [2.24, 2.45) is 0 Å². The van der Waals surface area contributed by atoms with Crippen molar-refractivity contribution in [3.8, 4) is 11.5 Å². The number of pyridine rings is 2. The third-order valence-electron chi connectivity index (χ3n) is 7.29. The lowest BCUT2D eigenvalue weighted by molar-refractivity contribution is -0.150. The van der Waals surface area contributed by atoms with Gasteiger partial charge in [0.1, 0.15) is 39.2 Å². The van der Waals surface area contributed by atoms with Crippen LogP contribution in [-0.2, 0) is 21.0 Å². The Morgan fingerprint density at radius 1 is 1.15 bits per heavy atom. The lowest BCUT2D eigenvalue weighted by Crippen LogP contribution is -2.71. The number of hydrogen-bond acceptors (Lipinski definition) is 14. The van der Waals surface area contributed by atoms with E-state index < -0.39 is 58.1 Å². The summed E-state index contributed by atoms with van der Waals surface area (Å²) >= 11 is 7.57. The van der Waals surface area contributed by atoms with Crippen molar-refractivity contribution in [1.82, 2.24) is 35.7 Å². The Bertz CT molecular complexity index is 2100. The number of aromatic amines is 1. The zero-order chi connectivity index (χ0) is 33.6. The van der Waals surface area contributed by atoms with Crippen LogP contribution in [0.4, 0.5) is 0 Å². The van der Waals surface area contributed by atoms with Crippen molar-refractivity contribution in [3.63, 3.8) is 0 Å². The molecule has 47 heavy (non-hydrogen) atoms. The third-order valence-corrected chi connectivity index (χ3v) is 10.1. The molecule has 0 spiro atoms. The number of carbonyl (C=O) groups excluding carboxylic acids is 3. The van der Waals surface area contributed by atoms with Crippen LogP contribution >= 0.6 is 35.3 Å². The Balaban J connectivity index is 1.27. The molecule has 16 nitrogen and oxygen atoms in total. The quantitative estimate of drug-likeness (QED) is 0.0539. The highest BCUT2D eigenvalue weighted by Gasteiger charge is 2.55. The van der Waals surface area contributed by atoms with E-state index in [4.69, 9.17) is 12.2 Å². The number of rotatable bonds is 9. The Hall–Kier alpha value is -5.24. The first-order valence-corrected chi connectivity index (χ1v) is 15.8.